The number of hydrogen-bond donors (Lipinski definition) is 2. The van der Waals surface area contributed by atoms with Gasteiger partial charge in [-0.05, 0) is 18.4 Å². The molecule has 0 saturated carbocycles. The predicted octanol–water partition coefficient (Wildman–Crippen LogP) is 1.60. The number of rotatable bonds is 4. The molecule has 112 valence electrons. The van der Waals surface area contributed by atoms with Crippen molar-refractivity contribution in [3.63, 3.8) is 0 Å². The van der Waals surface area contributed by atoms with E-state index in [4.69, 9.17) is 10.9 Å². The van der Waals surface area contributed by atoms with Crippen LogP contribution in [0.4, 0.5) is 0 Å². The minimum Gasteiger partial charge on any atom is -0.409 e. The van der Waals surface area contributed by atoms with Gasteiger partial charge < -0.3 is 10.9 Å². The molecule has 0 heterocycles. The van der Waals surface area contributed by atoms with Gasteiger partial charge in [0.1, 0.15) is 0 Å². The molecule has 0 fully saturated rings. The van der Waals surface area contributed by atoms with Gasteiger partial charge in [0.25, 0.3) is 0 Å². The summed E-state index contributed by atoms with van der Waals surface area (Å²) < 4.78 is 26.6. The summed E-state index contributed by atoms with van der Waals surface area (Å²) in [6.45, 7) is 1.55. The van der Waals surface area contributed by atoms with Crippen molar-refractivity contribution >= 4 is 26.6 Å². The number of amidine groups is 1. The Kier molecular flexibility index (Phi) is 4.15. The number of nitrogens with zero attached hydrogens (tertiary/aromatic N) is 2. The average molecular weight is 307 g/mol. The quantitative estimate of drug-likeness (QED) is 0.388. The van der Waals surface area contributed by atoms with Gasteiger partial charge in [0, 0.05) is 12.4 Å². The van der Waals surface area contributed by atoms with Gasteiger partial charge in [0.15, 0.2) is 5.84 Å². The Bertz CT molecular complexity index is 782. The normalized spacial score (nSPS) is 14.5. The van der Waals surface area contributed by atoms with Crippen LogP contribution in [-0.4, -0.2) is 36.9 Å². The van der Waals surface area contributed by atoms with Crippen LogP contribution in [0.3, 0.4) is 0 Å². The Hall–Kier alpha value is -2.12. The van der Waals surface area contributed by atoms with Crippen molar-refractivity contribution in [3.05, 3.63) is 42.5 Å². The van der Waals surface area contributed by atoms with Crippen molar-refractivity contribution in [3.8, 4) is 0 Å². The topological polar surface area (TPSA) is 96.0 Å². The molecular formula is C14H17N3O3S. The summed E-state index contributed by atoms with van der Waals surface area (Å²) in [5.41, 5.74) is 5.50. The van der Waals surface area contributed by atoms with Gasteiger partial charge in [-0.3, -0.25) is 0 Å². The van der Waals surface area contributed by atoms with Crippen molar-refractivity contribution in [2.24, 2.45) is 10.9 Å². The first-order chi connectivity index (χ1) is 9.89. The van der Waals surface area contributed by atoms with Gasteiger partial charge in [0.2, 0.25) is 10.0 Å². The number of sulfonamides is 1. The third-order valence-corrected chi connectivity index (χ3v) is 5.48. The third-order valence-electron chi connectivity index (χ3n) is 3.50. The lowest BCUT2D eigenvalue weighted by molar-refractivity contribution is 0.311. The molecule has 1 atom stereocenters. The predicted molar refractivity (Wildman–Crippen MR) is 81.8 cm³/mol. The van der Waals surface area contributed by atoms with Crippen molar-refractivity contribution in [2.75, 3.05) is 7.05 Å². The van der Waals surface area contributed by atoms with E-state index in [0.717, 1.165) is 9.69 Å². The zero-order chi connectivity index (χ0) is 15.6. The fourth-order valence-electron chi connectivity index (χ4n) is 2.05. The number of likely N-dealkylation sites (N-methyl/N-ethyl adjacent to an activating group) is 1. The summed E-state index contributed by atoms with van der Waals surface area (Å²) in [6.07, 6.45) is 0. The molecule has 0 bridgehead atoms. The molecule has 2 rings (SSSR count). The fourth-order valence-corrected chi connectivity index (χ4v) is 3.60. The van der Waals surface area contributed by atoms with Crippen molar-refractivity contribution in [1.82, 2.24) is 4.31 Å². The zero-order valence-electron chi connectivity index (χ0n) is 11.8. The van der Waals surface area contributed by atoms with Gasteiger partial charge >= 0.3 is 0 Å². The van der Waals surface area contributed by atoms with E-state index in [1.165, 1.54) is 7.05 Å². The van der Waals surface area contributed by atoms with E-state index < -0.39 is 16.1 Å². The van der Waals surface area contributed by atoms with Gasteiger partial charge in [0.05, 0.1) is 10.9 Å². The average Bonchev–Trinajstić information content (AvgIpc) is 2.51. The highest BCUT2D eigenvalue weighted by atomic mass is 32.2. The van der Waals surface area contributed by atoms with Crippen LogP contribution in [0.1, 0.15) is 6.92 Å². The second kappa shape index (κ2) is 5.71. The number of oxime groups is 1. The molecule has 0 aliphatic rings. The summed E-state index contributed by atoms with van der Waals surface area (Å²) in [5.74, 6) is -0.165. The van der Waals surface area contributed by atoms with Gasteiger partial charge in [-0.25, -0.2) is 8.42 Å². The van der Waals surface area contributed by atoms with Crippen molar-refractivity contribution in [1.29, 1.82) is 0 Å². The molecule has 0 aliphatic carbocycles. The highest BCUT2D eigenvalue weighted by molar-refractivity contribution is 7.89. The molecule has 2 aromatic carbocycles. The fraction of sp³-hybridized carbons (Fsp3) is 0.214. The number of hydrogen-bond acceptors (Lipinski definition) is 4. The first-order valence-electron chi connectivity index (χ1n) is 6.33. The number of fused-ring (bicyclic) bond motifs is 1. The first kappa shape index (κ1) is 15.3. The summed E-state index contributed by atoms with van der Waals surface area (Å²) >= 11 is 0. The van der Waals surface area contributed by atoms with Gasteiger partial charge in [-0.1, -0.05) is 41.6 Å². The Balaban J connectivity index is 2.57. The van der Waals surface area contributed by atoms with Crippen LogP contribution in [0.5, 0.6) is 0 Å². The Morgan fingerprint density at radius 3 is 2.52 bits per heavy atom. The van der Waals surface area contributed by atoms with E-state index in [9.17, 15) is 8.42 Å². The smallest absolute Gasteiger partial charge is 0.244 e. The summed E-state index contributed by atoms with van der Waals surface area (Å²) in [5, 5.41) is 13.0. The zero-order valence-corrected chi connectivity index (χ0v) is 12.6. The van der Waals surface area contributed by atoms with E-state index in [1.807, 2.05) is 18.2 Å². The molecule has 3 N–H and O–H groups in total. The molecule has 6 nitrogen and oxygen atoms in total. The lowest BCUT2D eigenvalue weighted by Gasteiger charge is -2.23. The highest BCUT2D eigenvalue weighted by Crippen LogP contribution is 2.25. The molecule has 0 aliphatic heterocycles. The van der Waals surface area contributed by atoms with Crippen LogP contribution in [0.2, 0.25) is 0 Å². The molecule has 2 aromatic rings. The number of benzene rings is 2. The highest BCUT2D eigenvalue weighted by Gasteiger charge is 2.28. The molecular weight excluding hydrogens is 290 g/mol. The Morgan fingerprint density at radius 2 is 1.86 bits per heavy atom. The molecule has 0 aromatic heterocycles. The van der Waals surface area contributed by atoms with Crippen LogP contribution in [0, 0.1) is 0 Å². The lowest BCUT2D eigenvalue weighted by Crippen LogP contribution is -2.43. The van der Waals surface area contributed by atoms with Crippen molar-refractivity contribution < 1.29 is 13.6 Å². The summed E-state index contributed by atoms with van der Waals surface area (Å²) in [6, 6.07) is 11.6. The maximum Gasteiger partial charge on any atom is 0.244 e. The van der Waals surface area contributed by atoms with Gasteiger partial charge in [-0.15, -0.1) is 0 Å². The Labute approximate surface area is 123 Å². The maximum atomic E-state index is 12.7. The Morgan fingerprint density at radius 1 is 1.24 bits per heavy atom. The lowest BCUT2D eigenvalue weighted by atomic mass is 10.1. The molecule has 0 radical (unpaired) electrons. The van der Waals surface area contributed by atoms with E-state index in [1.54, 1.807) is 31.2 Å². The maximum absolute atomic E-state index is 12.7. The van der Waals surface area contributed by atoms with Gasteiger partial charge in [-0.2, -0.15) is 4.31 Å². The summed E-state index contributed by atoms with van der Waals surface area (Å²) in [4.78, 5) is 0.195. The monoisotopic (exact) mass is 307 g/mol. The summed E-state index contributed by atoms with van der Waals surface area (Å²) in [7, 11) is -2.36. The van der Waals surface area contributed by atoms with Crippen molar-refractivity contribution in [2.45, 2.75) is 17.9 Å². The SMILES string of the molecule is CC(/C(N)=N/O)N(C)S(=O)(=O)c1cccc2ccccc12. The number of nitrogens with two attached hydrogens (primary N) is 1. The largest absolute Gasteiger partial charge is 0.409 e. The molecule has 0 amide bonds. The van der Waals surface area contributed by atoms with E-state index in [-0.39, 0.29) is 10.7 Å². The molecule has 7 heteroatoms. The van der Waals surface area contributed by atoms with Crippen LogP contribution in [0.15, 0.2) is 52.5 Å². The van der Waals surface area contributed by atoms with E-state index >= 15 is 0 Å². The molecule has 1 unspecified atom stereocenters. The third kappa shape index (κ3) is 2.70. The van der Waals surface area contributed by atoms with Crippen LogP contribution < -0.4 is 5.73 Å². The van der Waals surface area contributed by atoms with Crippen LogP contribution >= 0.6 is 0 Å². The van der Waals surface area contributed by atoms with Crippen LogP contribution in [0.25, 0.3) is 10.8 Å². The standard InChI is InChI=1S/C14H17N3O3S/c1-10(14(15)16-18)17(2)21(19,20)13-9-5-7-11-6-3-4-8-12(11)13/h3-10,18H,1-2H3,(H2,15,16). The molecule has 21 heavy (non-hydrogen) atoms. The minimum atomic E-state index is -3.76. The van der Waals surface area contributed by atoms with E-state index in [2.05, 4.69) is 5.16 Å². The first-order valence-corrected chi connectivity index (χ1v) is 7.77. The second-order valence-electron chi connectivity index (χ2n) is 4.70. The molecule has 0 saturated heterocycles. The van der Waals surface area contributed by atoms with Crippen LogP contribution in [-0.2, 0) is 10.0 Å². The second-order valence-corrected chi connectivity index (χ2v) is 6.67. The van der Waals surface area contributed by atoms with E-state index in [0.29, 0.717) is 5.39 Å². The minimum absolute atomic E-state index is 0.165. The molecule has 0 spiro atoms.